The van der Waals surface area contributed by atoms with Crippen LogP contribution in [0.15, 0.2) is 16.7 Å². The van der Waals surface area contributed by atoms with Crippen LogP contribution in [0.2, 0.25) is 0 Å². The molecular formula is C8H9N3O. The van der Waals surface area contributed by atoms with Crippen molar-refractivity contribution in [1.82, 2.24) is 9.97 Å². The van der Waals surface area contributed by atoms with Gasteiger partial charge >= 0.3 is 0 Å². The average molecular weight is 163 g/mol. The van der Waals surface area contributed by atoms with Gasteiger partial charge in [0, 0.05) is 19.7 Å². The highest BCUT2D eigenvalue weighted by Gasteiger charge is 2.06. The molecule has 0 aliphatic heterocycles. The van der Waals surface area contributed by atoms with Gasteiger partial charge in [-0.3, -0.25) is 4.98 Å². The van der Waals surface area contributed by atoms with Gasteiger partial charge in [0.1, 0.15) is 5.52 Å². The quantitative estimate of drug-likeness (QED) is 0.680. The zero-order valence-corrected chi connectivity index (χ0v) is 6.74. The van der Waals surface area contributed by atoms with Gasteiger partial charge in [0.2, 0.25) is 0 Å². The van der Waals surface area contributed by atoms with Crippen LogP contribution in [0.4, 0.5) is 0 Å². The Hall–Kier alpha value is -1.42. The van der Waals surface area contributed by atoms with E-state index >= 15 is 0 Å². The number of hydrogen-bond acceptors (Lipinski definition) is 4. The molecule has 2 N–H and O–H groups in total. The Kier molecular flexibility index (Phi) is 1.55. The highest BCUT2D eigenvalue weighted by atomic mass is 16.3. The van der Waals surface area contributed by atoms with E-state index in [1.807, 2.05) is 6.07 Å². The first-order valence-corrected chi connectivity index (χ1v) is 3.72. The molecule has 0 saturated carbocycles. The molecule has 0 radical (unpaired) electrons. The Balaban J connectivity index is 2.78. The van der Waals surface area contributed by atoms with Crippen molar-refractivity contribution in [1.29, 1.82) is 0 Å². The maximum absolute atomic E-state index is 5.47. The zero-order valence-electron chi connectivity index (χ0n) is 6.74. The van der Waals surface area contributed by atoms with E-state index in [4.69, 9.17) is 10.2 Å². The lowest BCUT2D eigenvalue weighted by Crippen LogP contribution is -1.98. The number of aryl methyl sites for hydroxylation is 1. The van der Waals surface area contributed by atoms with Crippen LogP contribution >= 0.6 is 0 Å². The highest BCUT2D eigenvalue weighted by molar-refractivity contribution is 5.74. The van der Waals surface area contributed by atoms with Crippen molar-refractivity contribution >= 4 is 11.1 Å². The molecule has 0 atom stereocenters. The van der Waals surface area contributed by atoms with Crippen molar-refractivity contribution in [3.63, 3.8) is 0 Å². The molecule has 2 rings (SSSR count). The zero-order chi connectivity index (χ0) is 8.55. The van der Waals surface area contributed by atoms with Crippen LogP contribution in [0.5, 0.6) is 0 Å². The maximum Gasteiger partial charge on any atom is 0.192 e. The Morgan fingerprint density at radius 1 is 1.58 bits per heavy atom. The molecule has 12 heavy (non-hydrogen) atoms. The van der Waals surface area contributed by atoms with Crippen molar-refractivity contribution in [2.24, 2.45) is 5.73 Å². The van der Waals surface area contributed by atoms with Crippen LogP contribution < -0.4 is 5.73 Å². The number of oxazole rings is 1. The second kappa shape index (κ2) is 2.57. The fourth-order valence-electron chi connectivity index (χ4n) is 1.16. The summed E-state index contributed by atoms with van der Waals surface area (Å²) in [6, 6.07) is 1.81. The minimum Gasteiger partial charge on any atom is -0.439 e. The van der Waals surface area contributed by atoms with E-state index in [0.717, 1.165) is 11.2 Å². The van der Waals surface area contributed by atoms with Gasteiger partial charge in [-0.25, -0.2) is 4.98 Å². The molecule has 0 saturated heterocycles. The second-order valence-electron chi connectivity index (χ2n) is 2.54. The first kappa shape index (κ1) is 7.24. The van der Waals surface area contributed by atoms with Crippen LogP contribution in [-0.4, -0.2) is 9.97 Å². The molecule has 0 aromatic carbocycles. The monoisotopic (exact) mass is 163 g/mol. The number of hydrogen-bond donors (Lipinski definition) is 1. The van der Waals surface area contributed by atoms with Crippen LogP contribution in [0.3, 0.4) is 0 Å². The van der Waals surface area contributed by atoms with Gasteiger partial charge in [0.25, 0.3) is 0 Å². The van der Waals surface area contributed by atoms with Crippen LogP contribution in [0.1, 0.15) is 11.6 Å². The first-order valence-electron chi connectivity index (χ1n) is 3.72. The summed E-state index contributed by atoms with van der Waals surface area (Å²) in [4.78, 5) is 8.24. The lowest BCUT2D eigenvalue weighted by molar-refractivity contribution is 0.555. The van der Waals surface area contributed by atoms with Crippen molar-refractivity contribution in [3.8, 4) is 0 Å². The van der Waals surface area contributed by atoms with Gasteiger partial charge in [-0.15, -0.1) is 0 Å². The highest BCUT2D eigenvalue weighted by Crippen LogP contribution is 2.16. The summed E-state index contributed by atoms with van der Waals surface area (Å²) >= 11 is 0. The summed E-state index contributed by atoms with van der Waals surface area (Å²) in [7, 11) is 0. The van der Waals surface area contributed by atoms with Crippen molar-refractivity contribution in [3.05, 3.63) is 23.8 Å². The number of pyridine rings is 1. The molecule has 0 unspecified atom stereocenters. The van der Waals surface area contributed by atoms with E-state index in [1.54, 1.807) is 13.1 Å². The van der Waals surface area contributed by atoms with Gasteiger partial charge in [0.15, 0.2) is 11.5 Å². The van der Waals surface area contributed by atoms with Gasteiger partial charge in [0.05, 0.1) is 5.69 Å². The lowest BCUT2D eigenvalue weighted by atomic mass is 10.3. The first-order chi connectivity index (χ1) is 5.81. The Morgan fingerprint density at radius 2 is 2.42 bits per heavy atom. The number of nitrogens with two attached hydrogens (primary N) is 1. The van der Waals surface area contributed by atoms with Crippen molar-refractivity contribution in [2.45, 2.75) is 13.5 Å². The fraction of sp³-hybridized carbons (Fsp3) is 0.250. The number of rotatable bonds is 1. The summed E-state index contributed by atoms with van der Waals surface area (Å²) < 4.78 is 5.34. The summed E-state index contributed by atoms with van der Waals surface area (Å²) in [5.41, 5.74) is 7.76. The normalized spacial score (nSPS) is 10.8. The number of fused-ring (bicyclic) bond motifs is 1. The van der Waals surface area contributed by atoms with Gasteiger partial charge in [-0.05, 0) is 6.07 Å². The Bertz CT molecular complexity index is 408. The molecule has 2 aromatic rings. The van der Waals surface area contributed by atoms with E-state index < -0.39 is 0 Å². The van der Waals surface area contributed by atoms with E-state index in [0.29, 0.717) is 18.0 Å². The molecule has 2 heterocycles. The van der Waals surface area contributed by atoms with E-state index in [2.05, 4.69) is 9.97 Å². The molecule has 4 nitrogen and oxygen atoms in total. The Labute approximate surface area is 69.4 Å². The van der Waals surface area contributed by atoms with E-state index in [1.165, 1.54) is 0 Å². The predicted molar refractivity (Wildman–Crippen MR) is 44.4 cm³/mol. The van der Waals surface area contributed by atoms with E-state index in [-0.39, 0.29) is 0 Å². The smallest absolute Gasteiger partial charge is 0.192 e. The van der Waals surface area contributed by atoms with Crippen LogP contribution in [0, 0.1) is 6.92 Å². The number of aromatic nitrogens is 2. The third-order valence-corrected chi connectivity index (χ3v) is 1.68. The Morgan fingerprint density at radius 3 is 3.17 bits per heavy atom. The number of nitrogens with zero attached hydrogens (tertiary/aromatic N) is 2. The van der Waals surface area contributed by atoms with Gasteiger partial charge in [-0.1, -0.05) is 0 Å². The lowest BCUT2D eigenvalue weighted by Gasteiger charge is -1.93. The van der Waals surface area contributed by atoms with Gasteiger partial charge < -0.3 is 10.2 Å². The summed E-state index contributed by atoms with van der Waals surface area (Å²) in [5, 5.41) is 0. The minimum absolute atomic E-state index is 0.381. The minimum atomic E-state index is 0.381. The summed E-state index contributed by atoms with van der Waals surface area (Å²) in [6.45, 7) is 2.19. The molecule has 2 aromatic heterocycles. The third-order valence-electron chi connectivity index (χ3n) is 1.68. The topological polar surface area (TPSA) is 64.9 Å². The molecule has 0 fully saturated rings. The van der Waals surface area contributed by atoms with Crippen LogP contribution in [0.25, 0.3) is 11.1 Å². The fourth-order valence-corrected chi connectivity index (χ4v) is 1.16. The van der Waals surface area contributed by atoms with Crippen LogP contribution in [-0.2, 0) is 6.54 Å². The summed E-state index contributed by atoms with van der Waals surface area (Å²) in [6.07, 6.45) is 1.69. The largest absolute Gasteiger partial charge is 0.439 e. The molecule has 4 heteroatoms. The molecule has 0 bridgehead atoms. The predicted octanol–water partition coefficient (Wildman–Crippen LogP) is 0.990. The maximum atomic E-state index is 5.47. The standard InChI is InChI=1S/C8H9N3O/c1-5-11-6-2-3-10-7(4-9)8(6)12-5/h2-3H,4,9H2,1H3. The molecule has 0 aliphatic carbocycles. The molecule has 0 amide bonds. The van der Waals surface area contributed by atoms with Crippen molar-refractivity contribution in [2.75, 3.05) is 0 Å². The van der Waals surface area contributed by atoms with E-state index in [9.17, 15) is 0 Å². The molecule has 0 aliphatic rings. The second-order valence-corrected chi connectivity index (χ2v) is 2.54. The molecular weight excluding hydrogens is 154 g/mol. The third kappa shape index (κ3) is 0.967. The van der Waals surface area contributed by atoms with Crippen molar-refractivity contribution < 1.29 is 4.42 Å². The van der Waals surface area contributed by atoms with Gasteiger partial charge in [-0.2, -0.15) is 0 Å². The molecule has 0 spiro atoms. The summed E-state index contributed by atoms with van der Waals surface area (Å²) in [5.74, 6) is 0.646. The molecule has 62 valence electrons. The average Bonchev–Trinajstić information content (AvgIpc) is 2.44. The SMILES string of the molecule is Cc1nc2ccnc(CN)c2o1.